The normalized spacial score (nSPS) is 14.8. The summed E-state index contributed by atoms with van der Waals surface area (Å²) in [4.78, 5) is 0. The fourth-order valence-electron chi connectivity index (χ4n) is 2.66. The number of hydrogen-bond acceptors (Lipinski definition) is 4. The average Bonchev–Trinajstić information content (AvgIpc) is 2.60. The van der Waals surface area contributed by atoms with Crippen molar-refractivity contribution in [1.29, 1.82) is 5.26 Å². The standard InChI is InChI=1S/C19H21NO3/c1-13(2)19(22,16-8-4-14(12-20)5-9-16)18(21)15-6-10-17(23-3)11-7-15/h4-11,13,18,21-22H,1-3H3. The number of aliphatic hydroxyl groups excluding tert-OH is 1. The van der Waals surface area contributed by atoms with Gasteiger partial charge in [0.1, 0.15) is 17.5 Å². The topological polar surface area (TPSA) is 73.5 Å². The summed E-state index contributed by atoms with van der Waals surface area (Å²) in [6.45, 7) is 3.70. The molecule has 0 radical (unpaired) electrons. The minimum absolute atomic E-state index is 0.229. The van der Waals surface area contributed by atoms with Crippen LogP contribution in [-0.2, 0) is 5.60 Å². The highest BCUT2D eigenvalue weighted by Crippen LogP contribution is 2.41. The third-order valence-electron chi connectivity index (χ3n) is 4.21. The minimum atomic E-state index is -1.46. The van der Waals surface area contributed by atoms with Gasteiger partial charge in [-0.1, -0.05) is 38.1 Å². The molecule has 2 N–H and O–H groups in total. The molecule has 2 aromatic carbocycles. The van der Waals surface area contributed by atoms with Crippen molar-refractivity contribution in [3.8, 4) is 11.8 Å². The van der Waals surface area contributed by atoms with E-state index in [1.165, 1.54) is 0 Å². The van der Waals surface area contributed by atoms with Crippen molar-refractivity contribution in [2.75, 3.05) is 7.11 Å². The number of ether oxygens (including phenoxy) is 1. The molecule has 0 aliphatic heterocycles. The molecule has 0 aliphatic carbocycles. The Hall–Kier alpha value is -2.35. The van der Waals surface area contributed by atoms with Crippen LogP contribution in [0.2, 0.25) is 0 Å². The molecule has 0 bridgehead atoms. The van der Waals surface area contributed by atoms with Crippen LogP contribution in [0.4, 0.5) is 0 Å². The summed E-state index contributed by atoms with van der Waals surface area (Å²) in [7, 11) is 1.58. The van der Waals surface area contributed by atoms with E-state index in [0.29, 0.717) is 22.4 Å². The predicted octanol–water partition coefficient (Wildman–Crippen LogP) is 3.14. The molecule has 0 amide bonds. The molecular weight excluding hydrogens is 290 g/mol. The first kappa shape index (κ1) is 17.0. The van der Waals surface area contributed by atoms with Gasteiger partial charge in [0.05, 0.1) is 18.7 Å². The van der Waals surface area contributed by atoms with E-state index in [2.05, 4.69) is 6.07 Å². The van der Waals surface area contributed by atoms with Crippen LogP contribution in [-0.4, -0.2) is 17.3 Å². The molecule has 0 saturated carbocycles. The van der Waals surface area contributed by atoms with E-state index in [1.54, 1.807) is 55.6 Å². The Morgan fingerprint density at radius 2 is 1.61 bits per heavy atom. The van der Waals surface area contributed by atoms with Gasteiger partial charge in [-0.25, -0.2) is 0 Å². The maximum Gasteiger partial charge on any atom is 0.122 e. The first-order valence-electron chi connectivity index (χ1n) is 7.48. The molecule has 2 unspecified atom stereocenters. The summed E-state index contributed by atoms with van der Waals surface area (Å²) in [6, 6.07) is 15.7. The first-order valence-corrected chi connectivity index (χ1v) is 7.48. The van der Waals surface area contributed by atoms with E-state index in [0.717, 1.165) is 0 Å². The van der Waals surface area contributed by atoms with Gasteiger partial charge >= 0.3 is 0 Å². The molecule has 4 heteroatoms. The number of nitrogens with zero attached hydrogens (tertiary/aromatic N) is 1. The van der Waals surface area contributed by atoms with Crippen LogP contribution in [0, 0.1) is 17.2 Å². The number of rotatable bonds is 5. The van der Waals surface area contributed by atoms with Gasteiger partial charge in [-0.3, -0.25) is 0 Å². The van der Waals surface area contributed by atoms with Crippen molar-refractivity contribution < 1.29 is 14.9 Å². The lowest BCUT2D eigenvalue weighted by Crippen LogP contribution is -2.38. The first-order chi connectivity index (χ1) is 10.9. The Morgan fingerprint density at radius 3 is 2.04 bits per heavy atom. The summed E-state index contributed by atoms with van der Waals surface area (Å²) in [6.07, 6.45) is -1.10. The quantitative estimate of drug-likeness (QED) is 0.889. The monoisotopic (exact) mass is 311 g/mol. The molecule has 4 nitrogen and oxygen atoms in total. The third kappa shape index (κ3) is 3.21. The summed E-state index contributed by atoms with van der Waals surface area (Å²) < 4.78 is 5.12. The number of methoxy groups -OCH3 is 1. The molecule has 0 aliphatic rings. The van der Waals surface area contributed by atoms with Crippen LogP contribution in [0.15, 0.2) is 48.5 Å². The van der Waals surface area contributed by atoms with Crippen LogP contribution >= 0.6 is 0 Å². The van der Waals surface area contributed by atoms with E-state index in [-0.39, 0.29) is 5.92 Å². The summed E-state index contributed by atoms with van der Waals surface area (Å²) >= 11 is 0. The fourth-order valence-corrected chi connectivity index (χ4v) is 2.66. The number of nitriles is 1. The average molecular weight is 311 g/mol. The van der Waals surface area contributed by atoms with E-state index in [9.17, 15) is 10.2 Å². The zero-order chi connectivity index (χ0) is 17.0. The lowest BCUT2D eigenvalue weighted by atomic mass is 9.76. The highest BCUT2D eigenvalue weighted by Gasteiger charge is 2.41. The summed E-state index contributed by atoms with van der Waals surface area (Å²) in [5.41, 5.74) is 0.239. The van der Waals surface area contributed by atoms with Crippen LogP contribution < -0.4 is 4.74 Å². The van der Waals surface area contributed by atoms with Crippen molar-refractivity contribution >= 4 is 0 Å². The van der Waals surface area contributed by atoms with Gasteiger partial charge in [-0.2, -0.15) is 5.26 Å². The largest absolute Gasteiger partial charge is 0.497 e. The molecule has 2 atom stereocenters. The second-order valence-electron chi connectivity index (χ2n) is 5.84. The molecule has 0 aromatic heterocycles. The lowest BCUT2D eigenvalue weighted by molar-refractivity contribution is -0.115. The zero-order valence-corrected chi connectivity index (χ0v) is 13.5. The predicted molar refractivity (Wildman–Crippen MR) is 87.8 cm³/mol. The molecule has 2 rings (SSSR count). The number of hydrogen-bond donors (Lipinski definition) is 2. The van der Waals surface area contributed by atoms with E-state index < -0.39 is 11.7 Å². The Kier molecular flexibility index (Phi) is 5.05. The van der Waals surface area contributed by atoms with Gasteiger partial charge in [-0.15, -0.1) is 0 Å². The summed E-state index contributed by atoms with van der Waals surface area (Å²) in [5, 5.41) is 30.9. The van der Waals surface area contributed by atoms with Crippen molar-refractivity contribution in [2.45, 2.75) is 25.6 Å². The van der Waals surface area contributed by atoms with Crippen molar-refractivity contribution in [3.63, 3.8) is 0 Å². The van der Waals surface area contributed by atoms with E-state index >= 15 is 0 Å². The Balaban J connectivity index is 2.43. The number of aliphatic hydroxyl groups is 2. The second kappa shape index (κ2) is 6.82. The maximum atomic E-state index is 11.2. The molecule has 120 valence electrons. The maximum absolute atomic E-state index is 11.2. The van der Waals surface area contributed by atoms with Crippen LogP contribution in [0.3, 0.4) is 0 Å². The van der Waals surface area contributed by atoms with Gasteiger partial charge in [0, 0.05) is 0 Å². The molecule has 0 fully saturated rings. The molecule has 0 spiro atoms. The lowest BCUT2D eigenvalue weighted by Gasteiger charge is -2.37. The second-order valence-corrected chi connectivity index (χ2v) is 5.84. The third-order valence-corrected chi connectivity index (χ3v) is 4.21. The van der Waals surface area contributed by atoms with E-state index in [1.807, 2.05) is 13.8 Å². The fraction of sp³-hybridized carbons (Fsp3) is 0.316. The Labute approximate surface area is 136 Å². The smallest absolute Gasteiger partial charge is 0.122 e. The Bertz CT molecular complexity index is 686. The van der Waals surface area contributed by atoms with Gasteiger partial charge < -0.3 is 14.9 Å². The molecule has 0 heterocycles. The Morgan fingerprint density at radius 1 is 1.04 bits per heavy atom. The highest BCUT2D eigenvalue weighted by molar-refractivity contribution is 5.37. The summed E-state index contributed by atoms with van der Waals surface area (Å²) in [5.74, 6) is 0.458. The molecular formula is C19H21NO3. The van der Waals surface area contributed by atoms with Crippen LogP contribution in [0.25, 0.3) is 0 Å². The van der Waals surface area contributed by atoms with E-state index in [4.69, 9.17) is 10.00 Å². The van der Waals surface area contributed by atoms with Crippen molar-refractivity contribution in [3.05, 3.63) is 65.2 Å². The van der Waals surface area contributed by atoms with Gasteiger partial charge in [0.15, 0.2) is 0 Å². The highest BCUT2D eigenvalue weighted by atomic mass is 16.5. The molecule has 0 saturated heterocycles. The van der Waals surface area contributed by atoms with Crippen molar-refractivity contribution in [2.24, 2.45) is 5.92 Å². The van der Waals surface area contributed by atoms with Crippen LogP contribution in [0.1, 0.15) is 36.6 Å². The van der Waals surface area contributed by atoms with Gasteiger partial charge in [-0.05, 0) is 41.3 Å². The minimum Gasteiger partial charge on any atom is -0.497 e. The number of benzene rings is 2. The SMILES string of the molecule is COc1ccc(C(O)C(O)(c2ccc(C#N)cc2)C(C)C)cc1. The van der Waals surface area contributed by atoms with Crippen LogP contribution in [0.5, 0.6) is 5.75 Å². The molecule has 2 aromatic rings. The van der Waals surface area contributed by atoms with Gasteiger partial charge in [0.25, 0.3) is 0 Å². The van der Waals surface area contributed by atoms with Crippen molar-refractivity contribution in [1.82, 2.24) is 0 Å². The molecule has 23 heavy (non-hydrogen) atoms. The van der Waals surface area contributed by atoms with Gasteiger partial charge in [0.2, 0.25) is 0 Å². The zero-order valence-electron chi connectivity index (χ0n) is 13.5.